The number of pyridine rings is 3. The van der Waals surface area contributed by atoms with Gasteiger partial charge in [0.1, 0.15) is 5.69 Å². The third kappa shape index (κ3) is 9.42. The van der Waals surface area contributed by atoms with Gasteiger partial charge in [0.25, 0.3) is 0 Å². The Balaban J connectivity index is 0.000000221. The van der Waals surface area contributed by atoms with Gasteiger partial charge in [-0.3, -0.25) is 9.97 Å². The Morgan fingerprint density at radius 1 is 0.697 bits per heavy atom. The van der Waals surface area contributed by atoms with Crippen molar-refractivity contribution >= 4 is 50.8 Å². The molecule has 0 atom stereocenters. The van der Waals surface area contributed by atoms with Gasteiger partial charge < -0.3 is 8.98 Å². The summed E-state index contributed by atoms with van der Waals surface area (Å²) >= 11 is -2.04. The van der Waals surface area contributed by atoms with E-state index in [0.717, 1.165) is 50.9 Å². The minimum absolute atomic E-state index is 0. The maximum absolute atomic E-state index is 13.4. The van der Waals surface area contributed by atoms with Crippen LogP contribution in [0.3, 0.4) is 0 Å². The van der Waals surface area contributed by atoms with Gasteiger partial charge in [-0.1, -0.05) is 70.7 Å². The number of nitrogens with zero attached hydrogens (tertiary/aromatic N) is 5. The fourth-order valence-electron chi connectivity index (χ4n) is 8.62. The van der Waals surface area contributed by atoms with Crippen molar-refractivity contribution in [3.05, 3.63) is 155 Å². The summed E-state index contributed by atoms with van der Waals surface area (Å²) in [4.78, 5) is 18.5. The van der Waals surface area contributed by atoms with E-state index in [4.69, 9.17) is 19.4 Å². The van der Waals surface area contributed by atoms with Crippen molar-refractivity contribution in [2.24, 2.45) is 0 Å². The van der Waals surface area contributed by atoms with E-state index < -0.39 is 25.1 Å². The number of para-hydroxylation sites is 1. The molecule has 4 aromatic carbocycles. The fraction of sp³-hybridized carbons (Fsp3) is 0.273. The zero-order chi connectivity index (χ0) is 46.5. The topological polar surface area (TPSA) is 69.6 Å². The number of hydrogen-bond acceptors (Lipinski definition) is 5. The summed E-state index contributed by atoms with van der Waals surface area (Å²) in [5.41, 5.74) is 13.1. The monoisotopic (exact) mass is 1120 g/mol. The maximum atomic E-state index is 13.4. The predicted molar refractivity (Wildman–Crippen MR) is 262 cm³/mol. The van der Waals surface area contributed by atoms with Crippen LogP contribution in [0.1, 0.15) is 92.9 Å². The largest absolute Gasteiger partial charge is 0 e. The molecule has 0 saturated heterocycles. The number of imidazole rings is 1. The van der Waals surface area contributed by atoms with Crippen molar-refractivity contribution in [1.82, 2.24) is 24.5 Å². The molecule has 0 saturated carbocycles. The number of aryl methyl sites for hydroxylation is 2. The van der Waals surface area contributed by atoms with Crippen LogP contribution in [-0.4, -0.2) is 37.8 Å². The van der Waals surface area contributed by atoms with Gasteiger partial charge in [0.2, 0.25) is 5.71 Å². The molecule has 9 rings (SSSR count). The van der Waals surface area contributed by atoms with Gasteiger partial charge in [-0.05, 0) is 47.1 Å². The minimum atomic E-state index is -4.58. The van der Waals surface area contributed by atoms with Crippen molar-refractivity contribution in [3.63, 3.8) is 0 Å². The van der Waals surface area contributed by atoms with Crippen LogP contribution in [0, 0.1) is 26.0 Å². The molecule has 0 aliphatic rings. The molecule has 6 nitrogen and oxygen atoms in total. The van der Waals surface area contributed by atoms with Gasteiger partial charge in [-0.25, -0.2) is 4.98 Å². The van der Waals surface area contributed by atoms with Crippen LogP contribution in [0.4, 0.5) is 13.2 Å². The predicted octanol–water partition coefficient (Wildman–Crippen LogP) is 14.9. The van der Waals surface area contributed by atoms with E-state index in [0.29, 0.717) is 27.7 Å². The summed E-state index contributed by atoms with van der Waals surface area (Å²) in [7, 11) is 0. The molecule has 0 aliphatic carbocycles. The van der Waals surface area contributed by atoms with E-state index in [-0.39, 0.29) is 43.6 Å². The molecule has 0 N–H and O–H groups in total. The fourth-order valence-corrected chi connectivity index (χ4v) is 11.7. The molecule has 341 valence electrons. The summed E-state index contributed by atoms with van der Waals surface area (Å²) in [6, 6.07) is 37.8. The number of fused-ring (bicyclic) bond motifs is 4. The molecule has 66 heavy (non-hydrogen) atoms. The van der Waals surface area contributed by atoms with Crippen LogP contribution in [0.5, 0.6) is 0 Å². The molecule has 11 heteroatoms. The average molecular weight is 1120 g/mol. The SMILES string of the molecule is CC(C)c1cc2nc(-c3[c-]ccc4c3oc3nc(C(F)(F)F)ccc34)n(-c3c(C(C)C)cccc3C(C)C)c2cn1.Cc1cccc(C)c1-c1cc(-c2[c-]cccc2)nc[c]1[Ge]([CH3])([CH3])[CH3].[Ir]. The first-order valence-electron chi connectivity index (χ1n) is 22.2. The second-order valence-electron chi connectivity index (χ2n) is 18.8. The average Bonchev–Trinajstić information content (AvgIpc) is 3.84. The summed E-state index contributed by atoms with van der Waals surface area (Å²) in [6.45, 7) is 17.2. The molecule has 0 amide bonds. The van der Waals surface area contributed by atoms with Crippen molar-refractivity contribution in [1.29, 1.82) is 0 Å². The van der Waals surface area contributed by atoms with Gasteiger partial charge in [0.15, 0.2) is 0 Å². The number of alkyl halides is 3. The van der Waals surface area contributed by atoms with Gasteiger partial charge in [0, 0.05) is 36.9 Å². The Bertz CT molecular complexity index is 3160. The molecule has 5 aromatic heterocycles. The Morgan fingerprint density at radius 2 is 1.38 bits per heavy atom. The molecule has 0 spiro atoms. The van der Waals surface area contributed by atoms with Crippen LogP contribution >= 0.6 is 0 Å². The van der Waals surface area contributed by atoms with E-state index in [2.05, 4.69) is 149 Å². The van der Waals surface area contributed by atoms with E-state index in [9.17, 15) is 13.2 Å². The van der Waals surface area contributed by atoms with E-state index >= 15 is 0 Å². The normalized spacial score (nSPS) is 12.1. The Hall–Kier alpha value is -5.42. The zero-order valence-electron chi connectivity index (χ0n) is 39.2. The van der Waals surface area contributed by atoms with Crippen LogP contribution in [0.2, 0.25) is 17.3 Å². The van der Waals surface area contributed by atoms with Crippen LogP contribution < -0.4 is 4.40 Å². The van der Waals surface area contributed by atoms with Crippen molar-refractivity contribution < 1.29 is 37.7 Å². The number of hydrogen-bond donors (Lipinski definition) is 0. The molecule has 0 aliphatic heterocycles. The molecule has 1 radical (unpaired) electrons. The molecule has 0 unspecified atom stereocenters. The molecule has 9 aromatic rings. The van der Waals surface area contributed by atoms with E-state index in [1.165, 1.54) is 32.7 Å². The number of furan rings is 1. The molecule has 0 fully saturated rings. The quantitative estimate of drug-likeness (QED) is 0.112. The van der Waals surface area contributed by atoms with Crippen LogP contribution in [-0.2, 0) is 26.3 Å². The van der Waals surface area contributed by atoms with Crippen molar-refractivity contribution in [2.75, 3.05) is 0 Å². The first kappa shape index (κ1) is 48.5. The second-order valence-corrected chi connectivity index (χ2v) is 29.3. The van der Waals surface area contributed by atoms with Crippen LogP contribution in [0.15, 0.2) is 114 Å². The Morgan fingerprint density at radius 3 is 1.98 bits per heavy atom. The minimum Gasteiger partial charge on any atom is 0 e. The second kappa shape index (κ2) is 19.1. The smallest absolute Gasteiger partial charge is 0 e. The number of benzene rings is 4. The van der Waals surface area contributed by atoms with Gasteiger partial charge >= 0.3 is 154 Å². The van der Waals surface area contributed by atoms with Crippen molar-refractivity contribution in [2.45, 2.75) is 96.6 Å². The van der Waals surface area contributed by atoms with Crippen LogP contribution in [0.25, 0.3) is 72.6 Å². The third-order valence-corrected chi connectivity index (χ3v) is 16.2. The molecule has 5 heterocycles. The molecular formula is C55H54F3GeIrN5O-2. The zero-order valence-corrected chi connectivity index (χ0v) is 43.7. The Kier molecular flexibility index (Phi) is 14.0. The number of aromatic nitrogens is 5. The van der Waals surface area contributed by atoms with Gasteiger partial charge in [-0.15, -0.1) is 18.2 Å². The summed E-state index contributed by atoms with van der Waals surface area (Å²) in [5, 5.41) is 1.15. The molecular weight excluding hydrogens is 1070 g/mol. The first-order chi connectivity index (χ1) is 30.8. The standard InChI is InChI=1S/C33H30F3N4O.C22H24GeN.Ir/c1-17(2)20-9-7-10-21(18(3)4)29(20)40-27-16-37-25(19(5)6)15-26(27)38-31(40)24-12-8-11-22-23-13-14-28(33(34,35)36)39-32(23)41-30(22)24;1-16-10-9-11-17(2)22(16)19-14-21(18-12-7-6-8-13-18)24-15-20(19)23(3,4)5;/h7-11,13-19H,1-6H3;6-12,14-15H,1-5H3;/q2*-1;. The number of rotatable bonds is 8. The first-order valence-corrected chi connectivity index (χ1v) is 29.5. The summed E-state index contributed by atoms with van der Waals surface area (Å²) in [5.74, 6) is 8.52. The van der Waals surface area contributed by atoms with Gasteiger partial charge in [-0.2, -0.15) is 13.2 Å². The van der Waals surface area contributed by atoms with E-state index in [1.54, 1.807) is 12.1 Å². The third-order valence-electron chi connectivity index (χ3n) is 12.0. The van der Waals surface area contributed by atoms with Crippen molar-refractivity contribution in [3.8, 4) is 39.5 Å². The van der Waals surface area contributed by atoms with E-state index in [1.807, 2.05) is 30.5 Å². The molecule has 0 bridgehead atoms. The maximum Gasteiger partial charge on any atom is 0 e. The van der Waals surface area contributed by atoms with Gasteiger partial charge in [0.05, 0.1) is 28.6 Å². The number of halogens is 3. The summed E-state index contributed by atoms with van der Waals surface area (Å²) < 4.78 is 50.0. The Labute approximate surface area is 401 Å². The summed E-state index contributed by atoms with van der Waals surface area (Å²) in [6.07, 6.45) is -0.597.